The number of anilines is 1. The number of hydrogen-bond donors (Lipinski definition) is 1. The molecule has 1 N–H and O–H groups in total. The van der Waals surface area contributed by atoms with Crippen molar-refractivity contribution >= 4 is 23.2 Å². The van der Waals surface area contributed by atoms with E-state index in [4.69, 9.17) is 4.74 Å². The van der Waals surface area contributed by atoms with Crippen LogP contribution in [0.4, 0.5) is 5.69 Å². The number of nitrogens with one attached hydrogen (secondary N) is 1. The van der Waals surface area contributed by atoms with Gasteiger partial charge in [0, 0.05) is 16.8 Å². The molecule has 0 bridgehead atoms. The summed E-state index contributed by atoms with van der Waals surface area (Å²) in [6.07, 6.45) is 3.96. The molecule has 0 unspecified atom stereocenters. The standard InChI is InChI=1S/C20H19NO2/c1-20(2)10-9-14-11-13(7-8-18(14)23-20)12-16-15-5-3-4-6-17(15)21-19(16)22/h3-8,11-12H,9-10H2,1-2H3,(H,21,22)/b16-12+. The lowest BCUT2D eigenvalue weighted by Crippen LogP contribution is -2.32. The number of carbonyl (C=O) groups excluding carboxylic acids is 1. The Morgan fingerprint density at radius 2 is 2.00 bits per heavy atom. The SMILES string of the molecule is CC1(C)CCc2cc(/C=C3/C(=O)Nc4ccccc43)ccc2O1. The summed E-state index contributed by atoms with van der Waals surface area (Å²) in [4.78, 5) is 12.2. The highest BCUT2D eigenvalue weighted by atomic mass is 16.5. The van der Waals surface area contributed by atoms with Crippen molar-refractivity contribution in [2.75, 3.05) is 5.32 Å². The second-order valence-corrected chi connectivity index (χ2v) is 6.79. The monoisotopic (exact) mass is 305 g/mol. The maximum atomic E-state index is 12.2. The first-order chi connectivity index (χ1) is 11.0. The average molecular weight is 305 g/mol. The summed E-state index contributed by atoms with van der Waals surface area (Å²) in [5, 5.41) is 2.91. The molecule has 23 heavy (non-hydrogen) atoms. The van der Waals surface area contributed by atoms with Crippen molar-refractivity contribution in [2.24, 2.45) is 0 Å². The quantitative estimate of drug-likeness (QED) is 0.798. The molecular formula is C20H19NO2. The Labute approximate surface area is 136 Å². The molecule has 2 aliphatic heterocycles. The average Bonchev–Trinajstić information content (AvgIpc) is 2.83. The Kier molecular flexibility index (Phi) is 3.05. The number of ether oxygens (including phenoxy) is 1. The number of fused-ring (bicyclic) bond motifs is 2. The molecule has 2 aliphatic rings. The smallest absolute Gasteiger partial charge is 0.256 e. The van der Waals surface area contributed by atoms with Crippen molar-refractivity contribution in [3.05, 3.63) is 59.2 Å². The molecule has 0 spiro atoms. The number of hydrogen-bond acceptors (Lipinski definition) is 2. The highest BCUT2D eigenvalue weighted by Crippen LogP contribution is 2.36. The molecule has 2 aromatic carbocycles. The number of para-hydroxylation sites is 1. The van der Waals surface area contributed by atoms with Crippen LogP contribution in [0.2, 0.25) is 0 Å². The Bertz CT molecular complexity index is 833. The summed E-state index contributed by atoms with van der Waals surface area (Å²) < 4.78 is 6.02. The van der Waals surface area contributed by atoms with Gasteiger partial charge in [0.05, 0.1) is 0 Å². The molecular weight excluding hydrogens is 286 g/mol. The van der Waals surface area contributed by atoms with Gasteiger partial charge in [-0.2, -0.15) is 0 Å². The largest absolute Gasteiger partial charge is 0.488 e. The van der Waals surface area contributed by atoms with Crippen LogP contribution in [-0.4, -0.2) is 11.5 Å². The fourth-order valence-electron chi connectivity index (χ4n) is 3.22. The Balaban J connectivity index is 1.72. The van der Waals surface area contributed by atoms with E-state index in [-0.39, 0.29) is 11.5 Å². The first-order valence-corrected chi connectivity index (χ1v) is 7.96. The lowest BCUT2D eigenvalue weighted by Gasteiger charge is -2.32. The fourth-order valence-corrected chi connectivity index (χ4v) is 3.22. The minimum absolute atomic E-state index is 0.0405. The molecule has 0 radical (unpaired) electrons. The van der Waals surface area contributed by atoms with E-state index in [0.717, 1.165) is 41.0 Å². The van der Waals surface area contributed by atoms with Crippen LogP contribution in [0, 0.1) is 0 Å². The van der Waals surface area contributed by atoms with Crippen LogP contribution in [-0.2, 0) is 11.2 Å². The summed E-state index contributed by atoms with van der Waals surface area (Å²) in [6, 6.07) is 13.9. The molecule has 0 aromatic heterocycles. The van der Waals surface area contributed by atoms with Crippen LogP contribution in [0.25, 0.3) is 11.6 Å². The van der Waals surface area contributed by atoms with Crippen LogP contribution in [0.5, 0.6) is 5.75 Å². The van der Waals surface area contributed by atoms with Gasteiger partial charge in [0.2, 0.25) is 0 Å². The fraction of sp³-hybridized carbons (Fsp3) is 0.250. The van der Waals surface area contributed by atoms with Crippen molar-refractivity contribution < 1.29 is 9.53 Å². The van der Waals surface area contributed by atoms with Crippen LogP contribution < -0.4 is 10.1 Å². The summed E-state index contributed by atoms with van der Waals surface area (Å²) in [5.74, 6) is 0.918. The summed E-state index contributed by atoms with van der Waals surface area (Å²) in [5.41, 5.74) is 4.72. The number of benzene rings is 2. The third-order valence-electron chi connectivity index (χ3n) is 4.49. The number of rotatable bonds is 1. The van der Waals surface area contributed by atoms with Gasteiger partial charge >= 0.3 is 0 Å². The predicted molar refractivity (Wildman–Crippen MR) is 92.4 cm³/mol. The second kappa shape index (κ2) is 4.98. The van der Waals surface area contributed by atoms with E-state index in [1.807, 2.05) is 42.5 Å². The van der Waals surface area contributed by atoms with Gasteiger partial charge in [-0.25, -0.2) is 0 Å². The second-order valence-electron chi connectivity index (χ2n) is 6.79. The van der Waals surface area contributed by atoms with E-state index in [1.165, 1.54) is 5.56 Å². The van der Waals surface area contributed by atoms with Crippen molar-refractivity contribution in [3.63, 3.8) is 0 Å². The Hall–Kier alpha value is -2.55. The van der Waals surface area contributed by atoms with Gasteiger partial charge < -0.3 is 10.1 Å². The molecule has 2 heterocycles. The topological polar surface area (TPSA) is 38.3 Å². The Morgan fingerprint density at radius 3 is 2.87 bits per heavy atom. The molecule has 116 valence electrons. The minimum Gasteiger partial charge on any atom is -0.488 e. The minimum atomic E-state index is -0.0999. The van der Waals surface area contributed by atoms with Gasteiger partial charge in [0.1, 0.15) is 11.4 Å². The van der Waals surface area contributed by atoms with Gasteiger partial charge in [-0.3, -0.25) is 4.79 Å². The first kappa shape index (κ1) is 14.1. The van der Waals surface area contributed by atoms with Crippen molar-refractivity contribution in [3.8, 4) is 5.75 Å². The first-order valence-electron chi connectivity index (χ1n) is 7.96. The molecule has 2 aromatic rings. The molecule has 0 fully saturated rings. The van der Waals surface area contributed by atoms with E-state index in [9.17, 15) is 4.79 Å². The van der Waals surface area contributed by atoms with Crippen LogP contribution in [0.3, 0.4) is 0 Å². The molecule has 1 amide bonds. The van der Waals surface area contributed by atoms with E-state index < -0.39 is 0 Å². The highest BCUT2D eigenvalue weighted by molar-refractivity contribution is 6.34. The summed E-state index contributed by atoms with van der Waals surface area (Å²) in [6.45, 7) is 4.23. The zero-order valence-corrected chi connectivity index (χ0v) is 13.3. The summed E-state index contributed by atoms with van der Waals surface area (Å²) >= 11 is 0. The molecule has 3 nitrogen and oxygen atoms in total. The zero-order chi connectivity index (χ0) is 16.0. The third-order valence-corrected chi connectivity index (χ3v) is 4.49. The van der Waals surface area contributed by atoms with Crippen molar-refractivity contribution in [1.82, 2.24) is 0 Å². The molecule has 4 rings (SSSR count). The molecule has 3 heteroatoms. The van der Waals surface area contributed by atoms with Gasteiger partial charge in [-0.1, -0.05) is 24.3 Å². The van der Waals surface area contributed by atoms with Crippen LogP contribution in [0.1, 0.15) is 37.0 Å². The summed E-state index contributed by atoms with van der Waals surface area (Å²) in [7, 11) is 0. The van der Waals surface area contributed by atoms with E-state index in [0.29, 0.717) is 0 Å². The van der Waals surface area contributed by atoms with Crippen LogP contribution >= 0.6 is 0 Å². The van der Waals surface area contributed by atoms with E-state index >= 15 is 0 Å². The predicted octanol–water partition coefficient (Wildman–Crippen LogP) is 4.28. The lowest BCUT2D eigenvalue weighted by molar-refractivity contribution is -0.110. The third kappa shape index (κ3) is 2.52. The molecule has 0 saturated heterocycles. The van der Waals surface area contributed by atoms with Crippen molar-refractivity contribution in [1.29, 1.82) is 0 Å². The van der Waals surface area contributed by atoms with Gasteiger partial charge in [0.25, 0.3) is 5.91 Å². The number of carbonyl (C=O) groups is 1. The lowest BCUT2D eigenvalue weighted by atomic mass is 9.93. The zero-order valence-electron chi connectivity index (χ0n) is 13.3. The van der Waals surface area contributed by atoms with Gasteiger partial charge in [0.15, 0.2) is 0 Å². The maximum Gasteiger partial charge on any atom is 0.256 e. The Morgan fingerprint density at radius 1 is 1.17 bits per heavy atom. The van der Waals surface area contributed by atoms with E-state index in [1.54, 1.807) is 0 Å². The number of aryl methyl sites for hydroxylation is 1. The van der Waals surface area contributed by atoms with Gasteiger partial charge in [-0.15, -0.1) is 0 Å². The van der Waals surface area contributed by atoms with Gasteiger partial charge in [-0.05, 0) is 62.1 Å². The van der Waals surface area contributed by atoms with Crippen LogP contribution in [0.15, 0.2) is 42.5 Å². The maximum absolute atomic E-state index is 12.2. The molecule has 0 aliphatic carbocycles. The molecule has 0 saturated carbocycles. The number of amides is 1. The van der Waals surface area contributed by atoms with E-state index in [2.05, 4.69) is 25.2 Å². The van der Waals surface area contributed by atoms with Crippen molar-refractivity contribution in [2.45, 2.75) is 32.3 Å². The highest BCUT2D eigenvalue weighted by Gasteiger charge is 2.27. The normalized spacial score (nSPS) is 19.7. The molecule has 0 atom stereocenters.